The molecule has 1 amide bonds. The Kier molecular flexibility index (Phi) is 3.88. The van der Waals surface area contributed by atoms with Gasteiger partial charge < -0.3 is 11.5 Å². The minimum absolute atomic E-state index is 0.0993. The second kappa shape index (κ2) is 4.72. The molecule has 12 heavy (non-hydrogen) atoms. The lowest BCUT2D eigenvalue weighted by atomic mass is 9.89. The third-order valence-electron chi connectivity index (χ3n) is 2.38. The lowest BCUT2D eigenvalue weighted by Crippen LogP contribution is -2.37. The van der Waals surface area contributed by atoms with E-state index < -0.39 is 0 Å². The minimum Gasteiger partial charge on any atom is -0.369 e. The van der Waals surface area contributed by atoms with Gasteiger partial charge in [-0.25, -0.2) is 0 Å². The first-order valence-electron chi connectivity index (χ1n) is 4.33. The van der Waals surface area contributed by atoms with Crippen LogP contribution in [0.5, 0.6) is 0 Å². The third-order valence-corrected chi connectivity index (χ3v) is 3.63. The first-order chi connectivity index (χ1) is 5.75. The van der Waals surface area contributed by atoms with E-state index in [1.54, 1.807) is 0 Å². The summed E-state index contributed by atoms with van der Waals surface area (Å²) < 4.78 is 0. The quantitative estimate of drug-likeness (QED) is 0.664. The van der Waals surface area contributed by atoms with Gasteiger partial charge in [0.15, 0.2) is 0 Å². The van der Waals surface area contributed by atoms with Gasteiger partial charge in [0.05, 0.1) is 5.92 Å². The summed E-state index contributed by atoms with van der Waals surface area (Å²) in [6.07, 6.45) is 2.30. The van der Waals surface area contributed by atoms with Crippen molar-refractivity contribution in [1.29, 1.82) is 0 Å². The number of hydrogen-bond acceptors (Lipinski definition) is 3. The van der Waals surface area contributed by atoms with Crippen LogP contribution in [0, 0.1) is 11.8 Å². The molecule has 0 aromatic rings. The Balaban J connectivity index is 2.46. The minimum atomic E-state index is -0.231. The van der Waals surface area contributed by atoms with Crippen LogP contribution in [0.2, 0.25) is 0 Å². The normalized spacial score (nSPS) is 26.6. The van der Waals surface area contributed by atoms with Gasteiger partial charge in [0.2, 0.25) is 5.91 Å². The molecule has 2 unspecified atom stereocenters. The number of amides is 1. The van der Waals surface area contributed by atoms with Crippen LogP contribution in [0.4, 0.5) is 0 Å². The van der Waals surface area contributed by atoms with Gasteiger partial charge >= 0.3 is 0 Å². The second-order valence-electron chi connectivity index (χ2n) is 3.22. The Labute approximate surface area is 77.3 Å². The Hall–Kier alpha value is -0.220. The van der Waals surface area contributed by atoms with Crippen LogP contribution >= 0.6 is 11.8 Å². The molecule has 4 heteroatoms. The van der Waals surface area contributed by atoms with Crippen molar-refractivity contribution in [3.05, 3.63) is 0 Å². The first-order valence-corrected chi connectivity index (χ1v) is 5.48. The molecule has 0 spiro atoms. The number of carbonyl (C=O) groups excluding carboxylic acids is 1. The van der Waals surface area contributed by atoms with E-state index in [1.807, 2.05) is 11.8 Å². The molecule has 1 heterocycles. The van der Waals surface area contributed by atoms with Gasteiger partial charge in [0.1, 0.15) is 0 Å². The molecule has 0 aromatic carbocycles. The monoisotopic (exact) mass is 188 g/mol. The largest absolute Gasteiger partial charge is 0.369 e. The van der Waals surface area contributed by atoms with Crippen LogP contribution in [0.1, 0.15) is 12.8 Å². The number of thioether (sulfide) groups is 1. The zero-order chi connectivity index (χ0) is 8.97. The molecule has 1 aliphatic heterocycles. The molecule has 70 valence electrons. The van der Waals surface area contributed by atoms with E-state index in [9.17, 15) is 4.79 Å². The highest BCUT2D eigenvalue weighted by atomic mass is 32.2. The van der Waals surface area contributed by atoms with Crippen molar-refractivity contribution in [2.75, 3.05) is 18.1 Å². The molecule has 1 saturated heterocycles. The van der Waals surface area contributed by atoms with Gasteiger partial charge in [-0.15, -0.1) is 0 Å². The van der Waals surface area contributed by atoms with E-state index in [1.165, 1.54) is 12.2 Å². The maximum atomic E-state index is 11.0. The lowest BCUT2D eigenvalue weighted by Gasteiger charge is -2.26. The standard InChI is InChI=1S/C8H16N2OS/c9-4-7(8(10)11)6-2-1-3-12-5-6/h6-7H,1-5,9H2,(H2,10,11). The number of hydrogen-bond donors (Lipinski definition) is 2. The molecule has 1 aliphatic rings. The average molecular weight is 188 g/mol. The van der Waals surface area contributed by atoms with Gasteiger partial charge in [0, 0.05) is 6.54 Å². The predicted molar refractivity (Wildman–Crippen MR) is 51.8 cm³/mol. The molecular weight excluding hydrogens is 172 g/mol. The highest BCUT2D eigenvalue weighted by Gasteiger charge is 2.26. The summed E-state index contributed by atoms with van der Waals surface area (Å²) in [5.41, 5.74) is 10.7. The van der Waals surface area contributed by atoms with Crippen LogP contribution in [-0.4, -0.2) is 24.0 Å². The maximum Gasteiger partial charge on any atom is 0.222 e. The van der Waals surface area contributed by atoms with Gasteiger partial charge in [-0.2, -0.15) is 11.8 Å². The third kappa shape index (κ3) is 2.38. The van der Waals surface area contributed by atoms with Crippen molar-refractivity contribution < 1.29 is 4.79 Å². The molecule has 0 aromatic heterocycles. The molecular formula is C8H16N2OS. The predicted octanol–water partition coefficient (Wildman–Crippen LogP) is 0.190. The van der Waals surface area contributed by atoms with Gasteiger partial charge in [-0.1, -0.05) is 0 Å². The van der Waals surface area contributed by atoms with E-state index in [0.29, 0.717) is 12.5 Å². The fourth-order valence-electron chi connectivity index (χ4n) is 1.62. The molecule has 1 rings (SSSR count). The van der Waals surface area contributed by atoms with Crippen molar-refractivity contribution >= 4 is 17.7 Å². The number of nitrogens with two attached hydrogens (primary N) is 2. The van der Waals surface area contributed by atoms with Crippen molar-refractivity contribution in [2.24, 2.45) is 23.3 Å². The van der Waals surface area contributed by atoms with Gasteiger partial charge in [0.25, 0.3) is 0 Å². The van der Waals surface area contributed by atoms with Crippen LogP contribution in [0.25, 0.3) is 0 Å². The van der Waals surface area contributed by atoms with Crippen molar-refractivity contribution in [3.8, 4) is 0 Å². The molecule has 3 nitrogen and oxygen atoms in total. The Bertz CT molecular complexity index is 157. The highest BCUT2D eigenvalue weighted by molar-refractivity contribution is 7.99. The smallest absolute Gasteiger partial charge is 0.222 e. The number of rotatable bonds is 3. The van der Waals surface area contributed by atoms with E-state index >= 15 is 0 Å². The highest BCUT2D eigenvalue weighted by Crippen LogP contribution is 2.27. The summed E-state index contributed by atoms with van der Waals surface area (Å²) in [6.45, 7) is 0.403. The average Bonchev–Trinajstić information content (AvgIpc) is 2.07. The molecule has 0 radical (unpaired) electrons. The summed E-state index contributed by atoms with van der Waals surface area (Å²) in [5.74, 6) is 2.35. The van der Waals surface area contributed by atoms with Crippen LogP contribution < -0.4 is 11.5 Å². The van der Waals surface area contributed by atoms with Crippen molar-refractivity contribution in [2.45, 2.75) is 12.8 Å². The molecule has 0 bridgehead atoms. The van der Waals surface area contributed by atoms with Crippen LogP contribution in [0.3, 0.4) is 0 Å². The van der Waals surface area contributed by atoms with E-state index in [-0.39, 0.29) is 11.8 Å². The molecule has 0 saturated carbocycles. The summed E-state index contributed by atoms with van der Waals surface area (Å²) in [5, 5.41) is 0. The van der Waals surface area contributed by atoms with Crippen molar-refractivity contribution in [3.63, 3.8) is 0 Å². The van der Waals surface area contributed by atoms with Crippen LogP contribution in [-0.2, 0) is 4.79 Å². The van der Waals surface area contributed by atoms with E-state index in [4.69, 9.17) is 11.5 Å². The van der Waals surface area contributed by atoms with Crippen molar-refractivity contribution in [1.82, 2.24) is 0 Å². The fourth-order valence-corrected chi connectivity index (χ4v) is 2.86. The molecule has 4 N–H and O–H groups in total. The summed E-state index contributed by atoms with van der Waals surface area (Å²) in [4.78, 5) is 11.0. The molecule has 2 atom stereocenters. The number of carbonyl (C=O) groups is 1. The van der Waals surface area contributed by atoms with E-state index in [0.717, 1.165) is 12.2 Å². The second-order valence-corrected chi connectivity index (χ2v) is 4.37. The van der Waals surface area contributed by atoms with Gasteiger partial charge in [-0.05, 0) is 30.3 Å². The SMILES string of the molecule is NCC(C(N)=O)C1CCCSC1. The zero-order valence-corrected chi connectivity index (χ0v) is 7.98. The molecule has 0 aliphatic carbocycles. The Morgan fingerprint density at radius 2 is 2.42 bits per heavy atom. The maximum absolute atomic E-state index is 11.0. The molecule has 1 fully saturated rings. The summed E-state index contributed by atoms with van der Waals surface area (Å²) in [6, 6.07) is 0. The van der Waals surface area contributed by atoms with Gasteiger partial charge in [-0.3, -0.25) is 4.79 Å². The Morgan fingerprint density at radius 3 is 2.83 bits per heavy atom. The first kappa shape index (κ1) is 9.86. The summed E-state index contributed by atoms with van der Waals surface area (Å²) in [7, 11) is 0. The fraction of sp³-hybridized carbons (Fsp3) is 0.875. The van der Waals surface area contributed by atoms with Crippen LogP contribution in [0.15, 0.2) is 0 Å². The van der Waals surface area contributed by atoms with E-state index in [2.05, 4.69) is 0 Å². The topological polar surface area (TPSA) is 69.1 Å². The lowest BCUT2D eigenvalue weighted by molar-refractivity contribution is -0.122. The zero-order valence-electron chi connectivity index (χ0n) is 7.16. The number of primary amides is 1. The summed E-state index contributed by atoms with van der Waals surface area (Å²) >= 11 is 1.90. The Morgan fingerprint density at radius 1 is 1.67 bits per heavy atom.